The number of hydrogen-bond donors (Lipinski definition) is 0. The molecule has 2 rings (SSSR count). The number of nitro benzene ring substituents is 1. The summed E-state index contributed by atoms with van der Waals surface area (Å²) in [5.74, 6) is -1.83. The molecule has 0 amide bonds. The van der Waals surface area contributed by atoms with Crippen molar-refractivity contribution in [3.05, 3.63) is 57.1 Å². The van der Waals surface area contributed by atoms with Gasteiger partial charge in [0, 0.05) is 12.1 Å². The van der Waals surface area contributed by atoms with Gasteiger partial charge in [0.2, 0.25) is 10.0 Å². The van der Waals surface area contributed by atoms with E-state index in [1.807, 2.05) is 0 Å². The third-order valence-electron chi connectivity index (χ3n) is 4.04. The fourth-order valence-corrected chi connectivity index (χ4v) is 3.72. The molecule has 0 aliphatic rings. The summed E-state index contributed by atoms with van der Waals surface area (Å²) >= 11 is 5.73. The summed E-state index contributed by atoms with van der Waals surface area (Å²) < 4.78 is 64.8. The van der Waals surface area contributed by atoms with E-state index >= 15 is 0 Å². The monoisotopic (exact) mass is 494 g/mol. The fourth-order valence-electron chi connectivity index (χ4n) is 2.48. The van der Waals surface area contributed by atoms with Crippen molar-refractivity contribution in [1.29, 1.82) is 0 Å². The second kappa shape index (κ2) is 10.5. The Balaban J connectivity index is 2.14. The molecule has 0 spiro atoms. The van der Waals surface area contributed by atoms with Crippen LogP contribution >= 0.6 is 11.6 Å². The summed E-state index contributed by atoms with van der Waals surface area (Å²) in [4.78, 5) is 22.4. The normalized spacial score (nSPS) is 11.5. The Bertz CT molecular complexity index is 1100. The summed E-state index contributed by atoms with van der Waals surface area (Å²) in [6, 6.07) is 6.99. The van der Waals surface area contributed by atoms with Crippen LogP contribution in [0.5, 0.6) is 11.5 Å². The van der Waals surface area contributed by atoms with Gasteiger partial charge in [-0.15, -0.1) is 0 Å². The first-order valence-electron chi connectivity index (χ1n) is 8.63. The average molecular weight is 495 g/mol. The zero-order valence-electron chi connectivity index (χ0n) is 16.7. The molecule has 0 heterocycles. The number of hydrogen-bond acceptors (Lipinski definition) is 8. The number of alkyl halides is 2. The van der Waals surface area contributed by atoms with E-state index in [4.69, 9.17) is 21.1 Å². The van der Waals surface area contributed by atoms with E-state index in [2.05, 4.69) is 4.74 Å². The van der Waals surface area contributed by atoms with Gasteiger partial charge in [0.1, 0.15) is 13.2 Å². The molecule has 0 saturated carbocycles. The minimum atomic E-state index is -4.03. The number of esters is 1. The number of halogens is 3. The predicted octanol–water partition coefficient (Wildman–Crippen LogP) is 3.22. The highest BCUT2D eigenvalue weighted by molar-refractivity contribution is 7.89. The van der Waals surface area contributed by atoms with Crippen molar-refractivity contribution >= 4 is 33.3 Å². The first-order chi connectivity index (χ1) is 14.9. The number of benzene rings is 2. The van der Waals surface area contributed by atoms with E-state index < -0.39 is 52.1 Å². The molecule has 2 aromatic carbocycles. The van der Waals surface area contributed by atoms with Gasteiger partial charge in [-0.2, -0.15) is 13.1 Å². The van der Waals surface area contributed by atoms with Crippen molar-refractivity contribution in [3.8, 4) is 11.5 Å². The van der Waals surface area contributed by atoms with Crippen LogP contribution in [0.4, 0.5) is 14.5 Å². The van der Waals surface area contributed by atoms with Crippen molar-refractivity contribution in [3.63, 3.8) is 0 Å². The third-order valence-corrected chi connectivity index (χ3v) is 6.11. The van der Waals surface area contributed by atoms with Gasteiger partial charge in [0.05, 0.1) is 28.6 Å². The maximum absolute atomic E-state index is 12.5. The lowest BCUT2D eigenvalue weighted by molar-refractivity contribution is -0.386. The lowest BCUT2D eigenvalue weighted by Crippen LogP contribution is -2.33. The number of carbonyl (C=O) groups excluding carboxylic acids is 1. The van der Waals surface area contributed by atoms with Crippen LogP contribution in [0.2, 0.25) is 5.02 Å². The minimum absolute atomic E-state index is 0.104. The molecule has 0 aliphatic heterocycles. The van der Waals surface area contributed by atoms with Crippen LogP contribution in [-0.4, -0.2) is 50.9 Å². The Morgan fingerprint density at radius 3 is 2.38 bits per heavy atom. The van der Waals surface area contributed by atoms with Gasteiger partial charge >= 0.3 is 12.6 Å². The minimum Gasteiger partial charge on any atom is -0.493 e. The fraction of sp³-hybridized carbons (Fsp3) is 0.278. The Hall–Kier alpha value is -3.03. The second-order valence-corrected chi connectivity index (χ2v) is 8.62. The molecule has 0 aliphatic carbocycles. The van der Waals surface area contributed by atoms with Crippen LogP contribution in [0.3, 0.4) is 0 Å². The molecule has 174 valence electrons. The summed E-state index contributed by atoms with van der Waals surface area (Å²) in [5.41, 5.74) is -0.832. The van der Waals surface area contributed by atoms with Crippen molar-refractivity contribution < 1.29 is 41.1 Å². The molecule has 0 unspecified atom stereocenters. The van der Waals surface area contributed by atoms with Crippen LogP contribution in [0.15, 0.2) is 41.3 Å². The van der Waals surface area contributed by atoms with Crippen LogP contribution < -0.4 is 9.47 Å². The largest absolute Gasteiger partial charge is 0.493 e. The Morgan fingerprint density at radius 1 is 1.22 bits per heavy atom. The van der Waals surface area contributed by atoms with Crippen LogP contribution in [-0.2, 0) is 26.2 Å². The van der Waals surface area contributed by atoms with Gasteiger partial charge in [-0.05, 0) is 30.3 Å². The lowest BCUT2D eigenvalue weighted by Gasteiger charge is -2.17. The number of nitro groups is 1. The van der Waals surface area contributed by atoms with Gasteiger partial charge in [0.25, 0.3) is 5.69 Å². The number of nitrogens with zero attached hydrogens (tertiary/aromatic N) is 2. The predicted molar refractivity (Wildman–Crippen MR) is 107 cm³/mol. The molecule has 0 fully saturated rings. The molecule has 0 N–H and O–H groups in total. The van der Waals surface area contributed by atoms with Crippen LogP contribution in [0.1, 0.15) is 5.56 Å². The van der Waals surface area contributed by atoms with Crippen molar-refractivity contribution in [2.45, 2.75) is 18.1 Å². The maximum atomic E-state index is 12.5. The summed E-state index contributed by atoms with van der Waals surface area (Å²) in [5, 5.41) is 11.6. The quantitative estimate of drug-likeness (QED) is 0.280. The molecule has 0 bridgehead atoms. The first kappa shape index (κ1) is 25.2. The van der Waals surface area contributed by atoms with E-state index in [9.17, 15) is 32.1 Å². The highest BCUT2D eigenvalue weighted by Crippen LogP contribution is 2.36. The molecule has 0 saturated heterocycles. The molecule has 32 heavy (non-hydrogen) atoms. The molecule has 0 aromatic heterocycles. The van der Waals surface area contributed by atoms with E-state index in [0.29, 0.717) is 11.1 Å². The molecule has 14 heteroatoms. The van der Waals surface area contributed by atoms with Gasteiger partial charge < -0.3 is 14.2 Å². The van der Waals surface area contributed by atoms with Gasteiger partial charge in [-0.1, -0.05) is 11.6 Å². The topological polar surface area (TPSA) is 125 Å². The Labute approximate surface area is 186 Å². The number of likely N-dealkylation sites (N-methyl/N-ethyl adjacent to an activating group) is 1. The highest BCUT2D eigenvalue weighted by Gasteiger charge is 2.25. The van der Waals surface area contributed by atoms with Gasteiger partial charge in [-0.25, -0.2) is 8.42 Å². The number of methoxy groups -OCH3 is 1. The third kappa shape index (κ3) is 6.24. The molecular formula is C18H17ClF2N2O8S. The zero-order chi connectivity index (χ0) is 24.1. The molecular weight excluding hydrogens is 478 g/mol. The average Bonchev–Trinajstić information content (AvgIpc) is 2.72. The molecule has 10 nitrogen and oxygen atoms in total. The van der Waals surface area contributed by atoms with E-state index in [-0.39, 0.29) is 16.2 Å². The molecule has 0 atom stereocenters. The van der Waals surface area contributed by atoms with Crippen molar-refractivity contribution in [2.75, 3.05) is 20.7 Å². The SMILES string of the molecule is COc1cc(COC(=O)CN(C)S(=O)(=O)c2ccc(Cl)cc2)c([N+](=O)[O-])cc1OC(F)F. The first-order valence-corrected chi connectivity index (χ1v) is 10.4. The van der Waals surface area contributed by atoms with E-state index in [1.54, 1.807) is 0 Å². The molecule has 2 aromatic rings. The van der Waals surface area contributed by atoms with Crippen LogP contribution in [0, 0.1) is 10.1 Å². The second-order valence-electron chi connectivity index (χ2n) is 6.14. The summed E-state index contributed by atoms with van der Waals surface area (Å²) in [6.07, 6.45) is 0. The van der Waals surface area contributed by atoms with Crippen molar-refractivity contribution in [2.24, 2.45) is 0 Å². The van der Waals surface area contributed by atoms with E-state index in [0.717, 1.165) is 24.5 Å². The Kier molecular flexibility index (Phi) is 8.30. The maximum Gasteiger partial charge on any atom is 0.387 e. The van der Waals surface area contributed by atoms with E-state index in [1.165, 1.54) is 24.3 Å². The van der Waals surface area contributed by atoms with Crippen molar-refractivity contribution in [1.82, 2.24) is 4.31 Å². The number of ether oxygens (including phenoxy) is 3. The number of rotatable bonds is 10. The smallest absolute Gasteiger partial charge is 0.387 e. The van der Waals surface area contributed by atoms with Gasteiger partial charge in [-0.3, -0.25) is 14.9 Å². The summed E-state index contributed by atoms with van der Waals surface area (Å²) in [6.45, 7) is -4.58. The number of sulfonamides is 1. The zero-order valence-corrected chi connectivity index (χ0v) is 18.2. The van der Waals surface area contributed by atoms with Crippen LogP contribution in [0.25, 0.3) is 0 Å². The molecule has 0 radical (unpaired) electrons. The standard InChI is InChI=1S/C18H17ClF2N2O8S/c1-22(32(27,28)13-5-3-12(19)4-6-13)9-17(24)30-10-11-7-15(29-2)16(31-18(20)21)8-14(11)23(25)26/h3-8,18H,9-10H2,1-2H3. The number of carbonyl (C=O) groups is 1. The highest BCUT2D eigenvalue weighted by atomic mass is 35.5. The lowest BCUT2D eigenvalue weighted by atomic mass is 10.1. The van der Waals surface area contributed by atoms with Gasteiger partial charge in [0.15, 0.2) is 11.5 Å². The summed E-state index contributed by atoms with van der Waals surface area (Å²) in [7, 11) is -1.75. The Morgan fingerprint density at radius 2 is 1.84 bits per heavy atom.